The number of halogens is 4. The van der Waals surface area contributed by atoms with Gasteiger partial charge in [0.1, 0.15) is 5.82 Å². The molecule has 0 atom stereocenters. The smallest absolute Gasteiger partial charge is 0.419 e. The van der Waals surface area contributed by atoms with Crippen molar-refractivity contribution in [3.8, 4) is 10.6 Å². The van der Waals surface area contributed by atoms with E-state index in [-0.39, 0.29) is 27.7 Å². The van der Waals surface area contributed by atoms with Crippen LogP contribution in [0, 0.1) is 5.82 Å². The Morgan fingerprint density at radius 1 is 1.12 bits per heavy atom. The minimum absolute atomic E-state index is 0.0313. The Balaban J connectivity index is 1.52. The van der Waals surface area contributed by atoms with Crippen LogP contribution in [0.3, 0.4) is 0 Å². The standard InChI is InChI=1S/C18H10F4N6O3S/c19-11-2-1-7(3-10(11)18(20,21)22)25-16(31)27-17-23-6-13(32-17)12-4-8(15(29)30)9-5-24-28-14(9)26-12/h1-6H,(H,29,30)(H,24,26,28)(H2,23,25,27,31). The predicted octanol–water partition coefficient (Wildman–Crippen LogP) is 4.58. The van der Waals surface area contributed by atoms with E-state index in [9.17, 15) is 32.3 Å². The summed E-state index contributed by atoms with van der Waals surface area (Å²) in [5.41, 5.74) is -1.31. The Hall–Kier alpha value is -4.07. The van der Waals surface area contributed by atoms with Crippen LogP contribution in [0.4, 0.5) is 33.2 Å². The summed E-state index contributed by atoms with van der Waals surface area (Å²) in [5.74, 6) is -2.64. The van der Waals surface area contributed by atoms with Gasteiger partial charge in [-0.15, -0.1) is 0 Å². The molecular formula is C18H10F4N6O3S. The summed E-state index contributed by atoms with van der Waals surface area (Å²) < 4.78 is 51.8. The minimum Gasteiger partial charge on any atom is -0.478 e. The highest BCUT2D eigenvalue weighted by Gasteiger charge is 2.34. The predicted molar refractivity (Wildman–Crippen MR) is 106 cm³/mol. The highest BCUT2D eigenvalue weighted by Crippen LogP contribution is 2.33. The Morgan fingerprint density at radius 3 is 2.62 bits per heavy atom. The number of carboxylic acid groups (broad SMARTS) is 1. The second-order valence-electron chi connectivity index (χ2n) is 6.29. The molecule has 0 unspecified atom stereocenters. The molecule has 14 heteroatoms. The quantitative estimate of drug-likeness (QED) is 0.326. The molecule has 0 aliphatic heterocycles. The monoisotopic (exact) mass is 466 g/mol. The van der Waals surface area contributed by atoms with Crippen LogP contribution in [0.5, 0.6) is 0 Å². The maximum atomic E-state index is 13.4. The summed E-state index contributed by atoms with van der Waals surface area (Å²) >= 11 is 0.954. The molecule has 0 aliphatic carbocycles. The summed E-state index contributed by atoms with van der Waals surface area (Å²) in [5, 5.41) is 20.6. The van der Waals surface area contributed by atoms with E-state index < -0.39 is 29.6 Å². The van der Waals surface area contributed by atoms with Crippen LogP contribution in [-0.4, -0.2) is 37.3 Å². The number of aromatic carboxylic acids is 1. The number of thiazole rings is 1. The van der Waals surface area contributed by atoms with Gasteiger partial charge in [-0.25, -0.2) is 23.9 Å². The van der Waals surface area contributed by atoms with Crippen molar-refractivity contribution < 1.29 is 32.3 Å². The first kappa shape index (κ1) is 21.2. The van der Waals surface area contributed by atoms with Gasteiger partial charge in [0, 0.05) is 11.9 Å². The highest BCUT2D eigenvalue weighted by atomic mass is 32.1. The summed E-state index contributed by atoms with van der Waals surface area (Å²) in [6.07, 6.45) is -2.24. The number of nitrogens with one attached hydrogen (secondary N) is 3. The number of aromatic nitrogens is 4. The molecule has 0 saturated heterocycles. The van der Waals surface area contributed by atoms with Crippen LogP contribution in [0.25, 0.3) is 21.6 Å². The molecule has 2 amide bonds. The number of carboxylic acids is 1. The maximum absolute atomic E-state index is 13.4. The SMILES string of the molecule is O=C(Nc1ccc(F)c(C(F)(F)F)c1)Nc1ncc(-c2cc(C(=O)O)c3cn[nH]c3n2)s1. The first-order valence-electron chi connectivity index (χ1n) is 8.60. The number of H-pyrrole nitrogens is 1. The first-order valence-corrected chi connectivity index (χ1v) is 9.42. The zero-order chi connectivity index (χ0) is 23.0. The average Bonchev–Trinajstić information content (AvgIpc) is 3.36. The minimum atomic E-state index is -4.92. The lowest BCUT2D eigenvalue weighted by Gasteiger charge is -2.11. The van der Waals surface area contributed by atoms with Crippen molar-refractivity contribution in [2.75, 3.05) is 10.6 Å². The normalized spacial score (nSPS) is 11.5. The van der Waals surface area contributed by atoms with Crippen LogP contribution in [-0.2, 0) is 6.18 Å². The number of pyridine rings is 1. The van der Waals surface area contributed by atoms with Crippen LogP contribution < -0.4 is 10.6 Å². The van der Waals surface area contributed by atoms with Crippen molar-refractivity contribution in [1.29, 1.82) is 0 Å². The van der Waals surface area contributed by atoms with Crippen molar-refractivity contribution in [2.24, 2.45) is 0 Å². The molecule has 164 valence electrons. The summed E-state index contributed by atoms with van der Waals surface area (Å²) in [4.78, 5) is 32.3. The second-order valence-corrected chi connectivity index (χ2v) is 7.32. The van der Waals surface area contributed by atoms with Crippen LogP contribution in [0.1, 0.15) is 15.9 Å². The number of hydrogen-bond donors (Lipinski definition) is 4. The molecule has 4 aromatic rings. The summed E-state index contributed by atoms with van der Waals surface area (Å²) in [7, 11) is 0. The number of aromatic amines is 1. The Bertz CT molecular complexity index is 1350. The number of nitrogens with zero attached hydrogens (tertiary/aromatic N) is 3. The van der Waals surface area contributed by atoms with Gasteiger partial charge >= 0.3 is 18.2 Å². The molecule has 1 aromatic carbocycles. The Morgan fingerprint density at radius 2 is 1.91 bits per heavy atom. The van der Waals surface area contributed by atoms with E-state index in [1.807, 2.05) is 0 Å². The molecule has 3 heterocycles. The number of alkyl halides is 3. The van der Waals surface area contributed by atoms with Gasteiger partial charge in [0.2, 0.25) is 0 Å². The lowest BCUT2D eigenvalue weighted by molar-refractivity contribution is -0.139. The van der Waals surface area contributed by atoms with E-state index in [4.69, 9.17) is 0 Å². The number of urea groups is 1. The number of carbonyl (C=O) groups is 2. The third kappa shape index (κ3) is 4.20. The fourth-order valence-electron chi connectivity index (χ4n) is 2.76. The van der Waals surface area contributed by atoms with Crippen LogP contribution >= 0.6 is 11.3 Å². The number of rotatable bonds is 4. The van der Waals surface area contributed by atoms with E-state index in [1.165, 1.54) is 18.5 Å². The average molecular weight is 466 g/mol. The number of hydrogen-bond acceptors (Lipinski definition) is 6. The number of amides is 2. The van der Waals surface area contributed by atoms with E-state index in [2.05, 4.69) is 30.8 Å². The number of carbonyl (C=O) groups excluding carboxylic acids is 1. The van der Waals surface area contributed by atoms with Gasteiger partial charge in [-0.3, -0.25) is 10.4 Å². The molecule has 0 radical (unpaired) electrons. The van der Waals surface area contributed by atoms with Crippen LogP contribution in [0.2, 0.25) is 0 Å². The van der Waals surface area contributed by atoms with Crippen molar-refractivity contribution in [2.45, 2.75) is 6.18 Å². The molecule has 0 saturated carbocycles. The van der Waals surface area contributed by atoms with Gasteiger partial charge in [0.05, 0.1) is 33.3 Å². The third-order valence-electron chi connectivity index (χ3n) is 4.16. The fourth-order valence-corrected chi connectivity index (χ4v) is 3.53. The van der Waals surface area contributed by atoms with E-state index >= 15 is 0 Å². The summed E-state index contributed by atoms with van der Waals surface area (Å²) in [6.45, 7) is 0. The molecule has 0 aliphatic rings. The van der Waals surface area contributed by atoms with Gasteiger partial charge in [-0.1, -0.05) is 11.3 Å². The molecule has 0 bridgehead atoms. The van der Waals surface area contributed by atoms with E-state index in [0.29, 0.717) is 22.4 Å². The van der Waals surface area contributed by atoms with Gasteiger partial charge < -0.3 is 10.4 Å². The first-order chi connectivity index (χ1) is 15.1. The van der Waals surface area contributed by atoms with Gasteiger partial charge in [0.25, 0.3) is 0 Å². The van der Waals surface area contributed by atoms with Gasteiger partial charge in [0.15, 0.2) is 10.8 Å². The zero-order valence-corrected chi connectivity index (χ0v) is 16.3. The van der Waals surface area contributed by atoms with Crippen molar-refractivity contribution in [3.63, 3.8) is 0 Å². The molecule has 0 spiro atoms. The lowest BCUT2D eigenvalue weighted by atomic mass is 10.1. The number of anilines is 2. The van der Waals surface area contributed by atoms with Crippen molar-refractivity contribution >= 4 is 45.2 Å². The largest absolute Gasteiger partial charge is 0.478 e. The molecule has 3 aromatic heterocycles. The van der Waals surface area contributed by atoms with Crippen molar-refractivity contribution in [3.05, 3.63) is 53.6 Å². The molecule has 4 N–H and O–H groups in total. The third-order valence-corrected chi connectivity index (χ3v) is 5.10. The Kier molecular flexibility index (Phi) is 5.22. The number of benzene rings is 1. The summed E-state index contributed by atoms with van der Waals surface area (Å²) in [6, 6.07) is 2.47. The molecule has 0 fully saturated rings. The molecule has 9 nitrogen and oxygen atoms in total. The highest BCUT2D eigenvalue weighted by molar-refractivity contribution is 7.19. The van der Waals surface area contributed by atoms with Gasteiger partial charge in [-0.2, -0.15) is 18.3 Å². The lowest BCUT2D eigenvalue weighted by Crippen LogP contribution is -2.20. The fraction of sp³-hybridized carbons (Fsp3) is 0.0556. The topological polar surface area (TPSA) is 133 Å². The number of fused-ring (bicyclic) bond motifs is 1. The van der Waals surface area contributed by atoms with Crippen molar-refractivity contribution in [1.82, 2.24) is 20.2 Å². The molecule has 4 rings (SSSR count). The molecular weight excluding hydrogens is 456 g/mol. The zero-order valence-electron chi connectivity index (χ0n) is 15.5. The second kappa shape index (κ2) is 7.88. The van der Waals surface area contributed by atoms with Crippen LogP contribution in [0.15, 0.2) is 36.7 Å². The molecule has 32 heavy (non-hydrogen) atoms. The van der Waals surface area contributed by atoms with E-state index in [1.54, 1.807) is 0 Å². The van der Waals surface area contributed by atoms with Gasteiger partial charge in [-0.05, 0) is 24.3 Å². The van der Waals surface area contributed by atoms with E-state index in [0.717, 1.165) is 17.4 Å². The maximum Gasteiger partial charge on any atom is 0.419 e. The Labute approximate surface area is 179 Å².